The molecule has 1 aliphatic heterocycles. The smallest absolute Gasteiger partial charge is 0.130 e. The molecule has 1 aliphatic rings. The number of nitriles is 1. The largest absolute Gasteiger partial charge is 0.354 e. The van der Waals surface area contributed by atoms with Gasteiger partial charge in [0, 0.05) is 18.8 Å². The van der Waals surface area contributed by atoms with Gasteiger partial charge < -0.3 is 4.90 Å². The molecule has 0 spiro atoms. The quantitative estimate of drug-likeness (QED) is 0.699. The molecule has 0 aromatic carbocycles. The van der Waals surface area contributed by atoms with Gasteiger partial charge in [0.1, 0.15) is 5.82 Å². The van der Waals surface area contributed by atoms with Gasteiger partial charge in [-0.2, -0.15) is 5.26 Å². The van der Waals surface area contributed by atoms with Gasteiger partial charge in [0.25, 0.3) is 0 Å². The van der Waals surface area contributed by atoms with Crippen molar-refractivity contribution in [1.29, 1.82) is 5.26 Å². The van der Waals surface area contributed by atoms with E-state index in [0.717, 1.165) is 12.4 Å². The van der Waals surface area contributed by atoms with Gasteiger partial charge >= 0.3 is 0 Å². The second-order valence-corrected chi connectivity index (χ2v) is 4.36. The van der Waals surface area contributed by atoms with Crippen LogP contribution in [0.25, 0.3) is 0 Å². The molecule has 2 heterocycles. The van der Waals surface area contributed by atoms with Crippen LogP contribution in [0, 0.1) is 17.2 Å². The standard InChI is InChI=1S/C12H15N3/c1-9-5-10(2)15(8-9)12-6-11(7-13)3-4-14-12/h3-4,6,9-10H,5,8H2,1-2H3. The molecule has 3 nitrogen and oxygen atoms in total. The van der Waals surface area contributed by atoms with Crippen LogP contribution in [-0.4, -0.2) is 17.6 Å². The summed E-state index contributed by atoms with van der Waals surface area (Å²) in [6.45, 7) is 5.51. The predicted octanol–water partition coefficient (Wildman–Crippen LogP) is 2.19. The lowest BCUT2D eigenvalue weighted by Crippen LogP contribution is -2.27. The van der Waals surface area contributed by atoms with E-state index in [1.54, 1.807) is 12.3 Å². The molecule has 1 aromatic rings. The number of pyridine rings is 1. The van der Waals surface area contributed by atoms with E-state index < -0.39 is 0 Å². The van der Waals surface area contributed by atoms with Crippen LogP contribution in [0.4, 0.5) is 5.82 Å². The molecule has 0 aliphatic carbocycles. The average molecular weight is 201 g/mol. The van der Waals surface area contributed by atoms with Gasteiger partial charge in [0.05, 0.1) is 11.6 Å². The highest BCUT2D eigenvalue weighted by molar-refractivity contribution is 5.46. The summed E-state index contributed by atoms with van der Waals surface area (Å²) in [6.07, 6.45) is 2.92. The Morgan fingerprint density at radius 2 is 2.33 bits per heavy atom. The van der Waals surface area contributed by atoms with E-state index in [1.165, 1.54) is 6.42 Å². The Morgan fingerprint density at radius 1 is 1.53 bits per heavy atom. The summed E-state index contributed by atoms with van der Waals surface area (Å²) in [5.41, 5.74) is 0.687. The van der Waals surface area contributed by atoms with E-state index in [-0.39, 0.29) is 0 Å². The van der Waals surface area contributed by atoms with Gasteiger partial charge in [-0.05, 0) is 31.4 Å². The van der Waals surface area contributed by atoms with Crippen molar-refractivity contribution in [2.45, 2.75) is 26.3 Å². The molecule has 0 bridgehead atoms. The Hall–Kier alpha value is -1.56. The lowest BCUT2D eigenvalue weighted by Gasteiger charge is -2.22. The Morgan fingerprint density at radius 3 is 2.93 bits per heavy atom. The first-order valence-corrected chi connectivity index (χ1v) is 5.33. The Kier molecular flexibility index (Phi) is 2.59. The van der Waals surface area contributed by atoms with Gasteiger partial charge in [0.2, 0.25) is 0 Å². The van der Waals surface area contributed by atoms with Gasteiger partial charge in [-0.1, -0.05) is 6.92 Å². The summed E-state index contributed by atoms with van der Waals surface area (Å²) in [4.78, 5) is 6.61. The summed E-state index contributed by atoms with van der Waals surface area (Å²) in [7, 11) is 0. The highest BCUT2D eigenvalue weighted by Gasteiger charge is 2.26. The van der Waals surface area contributed by atoms with E-state index in [2.05, 4.69) is 29.8 Å². The molecule has 0 radical (unpaired) electrons. The van der Waals surface area contributed by atoms with Crippen LogP contribution < -0.4 is 4.90 Å². The van der Waals surface area contributed by atoms with Crippen LogP contribution in [0.2, 0.25) is 0 Å². The molecule has 2 rings (SSSR count). The molecule has 3 heteroatoms. The van der Waals surface area contributed by atoms with Crippen LogP contribution in [0.1, 0.15) is 25.8 Å². The number of hydrogen-bond donors (Lipinski definition) is 0. The average Bonchev–Trinajstić information content (AvgIpc) is 2.58. The molecule has 78 valence electrons. The molecule has 0 amide bonds. The fourth-order valence-electron chi connectivity index (χ4n) is 2.26. The van der Waals surface area contributed by atoms with E-state index >= 15 is 0 Å². The van der Waals surface area contributed by atoms with Crippen LogP contribution in [0.3, 0.4) is 0 Å². The minimum atomic E-state index is 0.529. The summed E-state index contributed by atoms with van der Waals surface area (Å²) >= 11 is 0. The molecule has 1 saturated heterocycles. The van der Waals surface area contributed by atoms with Crippen molar-refractivity contribution < 1.29 is 0 Å². The third-order valence-corrected chi connectivity index (χ3v) is 2.95. The minimum Gasteiger partial charge on any atom is -0.354 e. The first-order valence-electron chi connectivity index (χ1n) is 5.33. The van der Waals surface area contributed by atoms with Gasteiger partial charge in [-0.25, -0.2) is 4.98 Å². The van der Waals surface area contributed by atoms with Crippen molar-refractivity contribution in [3.05, 3.63) is 23.9 Å². The Bertz CT molecular complexity index is 394. The number of anilines is 1. The third kappa shape index (κ3) is 1.94. The van der Waals surface area contributed by atoms with E-state index in [9.17, 15) is 0 Å². The molecule has 1 fully saturated rings. The zero-order valence-corrected chi connectivity index (χ0v) is 9.14. The van der Waals surface area contributed by atoms with Crippen molar-refractivity contribution >= 4 is 5.82 Å². The SMILES string of the molecule is CC1CC(C)N(c2cc(C#N)ccn2)C1. The lowest BCUT2D eigenvalue weighted by molar-refractivity contribution is 0.625. The molecule has 15 heavy (non-hydrogen) atoms. The van der Waals surface area contributed by atoms with Crippen molar-refractivity contribution in [2.75, 3.05) is 11.4 Å². The first-order chi connectivity index (χ1) is 7.20. The Balaban J connectivity index is 2.26. The van der Waals surface area contributed by atoms with Gasteiger partial charge in [0.15, 0.2) is 0 Å². The zero-order valence-electron chi connectivity index (χ0n) is 9.14. The third-order valence-electron chi connectivity index (χ3n) is 2.95. The second kappa shape index (κ2) is 3.90. The molecule has 2 atom stereocenters. The fraction of sp³-hybridized carbons (Fsp3) is 0.500. The predicted molar refractivity (Wildman–Crippen MR) is 59.5 cm³/mol. The van der Waals surface area contributed by atoms with Crippen LogP contribution >= 0.6 is 0 Å². The summed E-state index contributed by atoms with van der Waals surface area (Å²) < 4.78 is 0. The highest BCUT2D eigenvalue weighted by Crippen LogP contribution is 2.27. The molecule has 0 N–H and O–H groups in total. The fourth-order valence-corrected chi connectivity index (χ4v) is 2.26. The number of nitrogens with zero attached hydrogens (tertiary/aromatic N) is 3. The molecule has 1 aromatic heterocycles. The molecular weight excluding hydrogens is 186 g/mol. The maximum absolute atomic E-state index is 8.83. The molecule has 0 saturated carbocycles. The topological polar surface area (TPSA) is 39.9 Å². The maximum Gasteiger partial charge on any atom is 0.130 e. The van der Waals surface area contributed by atoms with Crippen LogP contribution in [0.5, 0.6) is 0 Å². The molecule has 2 unspecified atom stereocenters. The van der Waals surface area contributed by atoms with E-state index in [0.29, 0.717) is 17.5 Å². The van der Waals surface area contributed by atoms with Crippen LogP contribution in [-0.2, 0) is 0 Å². The number of aromatic nitrogens is 1. The number of rotatable bonds is 1. The summed E-state index contributed by atoms with van der Waals surface area (Å²) in [5.74, 6) is 1.65. The maximum atomic E-state index is 8.83. The van der Waals surface area contributed by atoms with Gasteiger partial charge in [-0.3, -0.25) is 0 Å². The van der Waals surface area contributed by atoms with Gasteiger partial charge in [-0.15, -0.1) is 0 Å². The lowest BCUT2D eigenvalue weighted by atomic mass is 10.1. The zero-order chi connectivity index (χ0) is 10.8. The second-order valence-electron chi connectivity index (χ2n) is 4.36. The first kappa shape index (κ1) is 9.97. The van der Waals surface area contributed by atoms with E-state index in [4.69, 9.17) is 5.26 Å². The highest BCUT2D eigenvalue weighted by atomic mass is 15.2. The summed E-state index contributed by atoms with van der Waals surface area (Å²) in [6, 6.07) is 6.29. The minimum absolute atomic E-state index is 0.529. The normalized spacial score (nSPS) is 25.3. The number of hydrogen-bond acceptors (Lipinski definition) is 3. The Labute approximate surface area is 90.4 Å². The van der Waals surface area contributed by atoms with E-state index in [1.807, 2.05) is 6.07 Å². The molecular formula is C12H15N3. The van der Waals surface area contributed by atoms with Crippen molar-refractivity contribution in [3.8, 4) is 6.07 Å². The van der Waals surface area contributed by atoms with Crippen molar-refractivity contribution in [3.63, 3.8) is 0 Å². The monoisotopic (exact) mass is 201 g/mol. The van der Waals surface area contributed by atoms with Crippen LogP contribution in [0.15, 0.2) is 18.3 Å². The summed E-state index contributed by atoms with van der Waals surface area (Å²) in [5, 5.41) is 8.83. The van der Waals surface area contributed by atoms with Crippen molar-refractivity contribution in [1.82, 2.24) is 4.98 Å². The van der Waals surface area contributed by atoms with Crippen molar-refractivity contribution in [2.24, 2.45) is 5.92 Å².